The van der Waals surface area contributed by atoms with Crippen LogP contribution >= 0.6 is 11.3 Å². The molecule has 1 aromatic carbocycles. The second-order valence-electron chi connectivity index (χ2n) is 6.46. The van der Waals surface area contributed by atoms with Gasteiger partial charge in [-0.3, -0.25) is 4.79 Å². The molecule has 4 rings (SSSR count). The van der Waals surface area contributed by atoms with Crippen molar-refractivity contribution in [2.24, 2.45) is 0 Å². The first-order chi connectivity index (χ1) is 12.7. The van der Waals surface area contributed by atoms with Crippen molar-refractivity contribution in [2.45, 2.75) is 38.1 Å². The van der Waals surface area contributed by atoms with Crippen LogP contribution in [0.1, 0.15) is 42.3 Å². The van der Waals surface area contributed by atoms with Gasteiger partial charge in [-0.05, 0) is 54.0 Å². The number of nitrogen functional groups attached to an aromatic ring is 1. The first kappa shape index (κ1) is 16.8. The lowest BCUT2D eigenvalue weighted by Gasteiger charge is -2.26. The first-order valence-corrected chi connectivity index (χ1v) is 9.61. The lowest BCUT2D eigenvalue weighted by molar-refractivity contribution is -0.122. The number of aromatic nitrogens is 2. The molecule has 2 heterocycles. The Labute approximate surface area is 155 Å². The topological polar surface area (TPSA) is 94.0 Å². The number of nitrogens with zero attached hydrogens (tertiary/aromatic N) is 2. The van der Waals surface area contributed by atoms with Crippen LogP contribution in [0.15, 0.2) is 40.2 Å². The molecule has 0 radical (unpaired) electrons. The SMILES string of the molecule is Nc1ccc2c(c1)CCCC2NC(=O)CCc1nc(-c2cccs2)no1. The van der Waals surface area contributed by atoms with Gasteiger partial charge in [-0.25, -0.2) is 0 Å². The third-order valence-electron chi connectivity index (χ3n) is 4.59. The third-order valence-corrected chi connectivity index (χ3v) is 5.46. The predicted octanol–water partition coefficient (Wildman–Crippen LogP) is 3.51. The van der Waals surface area contributed by atoms with Crippen LogP contribution in [0.25, 0.3) is 10.7 Å². The van der Waals surface area contributed by atoms with Crippen molar-refractivity contribution >= 4 is 22.9 Å². The second kappa shape index (κ2) is 7.29. The van der Waals surface area contributed by atoms with Crippen LogP contribution in [-0.4, -0.2) is 16.0 Å². The summed E-state index contributed by atoms with van der Waals surface area (Å²) < 4.78 is 5.25. The minimum absolute atomic E-state index is 0.00412. The van der Waals surface area contributed by atoms with Crippen molar-refractivity contribution in [3.8, 4) is 10.7 Å². The highest BCUT2D eigenvalue weighted by molar-refractivity contribution is 7.13. The van der Waals surface area contributed by atoms with E-state index in [1.165, 1.54) is 11.1 Å². The minimum atomic E-state index is -0.00412. The number of anilines is 1. The Kier molecular flexibility index (Phi) is 4.71. The molecule has 0 saturated heterocycles. The lowest BCUT2D eigenvalue weighted by Crippen LogP contribution is -2.31. The molecule has 0 saturated carbocycles. The molecule has 6 nitrogen and oxygen atoms in total. The molecule has 1 unspecified atom stereocenters. The number of rotatable bonds is 5. The number of nitrogens with one attached hydrogen (secondary N) is 1. The van der Waals surface area contributed by atoms with Crippen LogP contribution in [0.3, 0.4) is 0 Å². The van der Waals surface area contributed by atoms with Gasteiger partial charge in [-0.2, -0.15) is 4.98 Å². The van der Waals surface area contributed by atoms with E-state index in [1.54, 1.807) is 11.3 Å². The Bertz CT molecular complexity index is 904. The van der Waals surface area contributed by atoms with Crippen LogP contribution in [0.5, 0.6) is 0 Å². The molecule has 0 bridgehead atoms. The fraction of sp³-hybridized carbons (Fsp3) is 0.316. The van der Waals surface area contributed by atoms with E-state index >= 15 is 0 Å². The van der Waals surface area contributed by atoms with Gasteiger partial charge in [-0.1, -0.05) is 17.3 Å². The molecule has 1 amide bonds. The molecule has 1 aliphatic carbocycles. The highest BCUT2D eigenvalue weighted by atomic mass is 32.1. The van der Waals surface area contributed by atoms with E-state index in [4.69, 9.17) is 10.3 Å². The average Bonchev–Trinajstić information content (AvgIpc) is 3.31. The van der Waals surface area contributed by atoms with Gasteiger partial charge in [0.15, 0.2) is 0 Å². The Balaban J connectivity index is 1.35. The molecule has 134 valence electrons. The van der Waals surface area contributed by atoms with E-state index in [0.717, 1.165) is 29.8 Å². The summed E-state index contributed by atoms with van der Waals surface area (Å²) in [5.74, 6) is 1.06. The summed E-state index contributed by atoms with van der Waals surface area (Å²) in [6.45, 7) is 0. The lowest BCUT2D eigenvalue weighted by atomic mass is 9.87. The molecule has 0 spiro atoms. The first-order valence-electron chi connectivity index (χ1n) is 8.73. The smallest absolute Gasteiger partial charge is 0.227 e. The second-order valence-corrected chi connectivity index (χ2v) is 7.41. The van der Waals surface area contributed by atoms with Crippen LogP contribution in [0.2, 0.25) is 0 Å². The Hall–Kier alpha value is -2.67. The van der Waals surface area contributed by atoms with E-state index in [-0.39, 0.29) is 11.9 Å². The summed E-state index contributed by atoms with van der Waals surface area (Å²) in [5, 5.41) is 9.07. The summed E-state index contributed by atoms with van der Waals surface area (Å²) in [6.07, 6.45) is 3.78. The maximum Gasteiger partial charge on any atom is 0.227 e. The molecule has 0 fully saturated rings. The molecule has 2 aromatic heterocycles. The Morgan fingerprint density at radius 1 is 1.38 bits per heavy atom. The molecule has 1 atom stereocenters. The number of fused-ring (bicyclic) bond motifs is 1. The van der Waals surface area contributed by atoms with E-state index < -0.39 is 0 Å². The van der Waals surface area contributed by atoms with E-state index in [0.29, 0.717) is 24.6 Å². The van der Waals surface area contributed by atoms with Gasteiger partial charge < -0.3 is 15.6 Å². The van der Waals surface area contributed by atoms with Crippen molar-refractivity contribution in [3.05, 3.63) is 52.7 Å². The number of nitrogens with two attached hydrogens (primary N) is 1. The van der Waals surface area contributed by atoms with Gasteiger partial charge in [-0.15, -0.1) is 11.3 Å². The number of carbonyl (C=O) groups excluding carboxylic acids is 1. The maximum atomic E-state index is 12.4. The van der Waals surface area contributed by atoms with Crippen molar-refractivity contribution < 1.29 is 9.32 Å². The van der Waals surface area contributed by atoms with Gasteiger partial charge in [0.05, 0.1) is 10.9 Å². The predicted molar refractivity (Wildman–Crippen MR) is 101 cm³/mol. The fourth-order valence-corrected chi connectivity index (χ4v) is 3.98. The minimum Gasteiger partial charge on any atom is -0.399 e. The summed E-state index contributed by atoms with van der Waals surface area (Å²) in [6, 6.07) is 9.88. The number of aryl methyl sites for hydroxylation is 2. The quantitative estimate of drug-likeness (QED) is 0.672. The van der Waals surface area contributed by atoms with Gasteiger partial charge >= 0.3 is 0 Å². The van der Waals surface area contributed by atoms with Gasteiger partial charge in [0.25, 0.3) is 0 Å². The zero-order valence-electron chi connectivity index (χ0n) is 14.3. The van der Waals surface area contributed by atoms with Gasteiger partial charge in [0.2, 0.25) is 17.6 Å². The van der Waals surface area contributed by atoms with Crippen molar-refractivity contribution in [1.82, 2.24) is 15.5 Å². The molecular weight excluding hydrogens is 348 g/mol. The molecular formula is C19H20N4O2S. The average molecular weight is 368 g/mol. The normalized spacial score (nSPS) is 16.2. The number of benzene rings is 1. The fourth-order valence-electron chi connectivity index (χ4n) is 3.33. The van der Waals surface area contributed by atoms with Crippen LogP contribution in [0, 0.1) is 0 Å². The third kappa shape index (κ3) is 3.62. The largest absolute Gasteiger partial charge is 0.399 e. The summed E-state index contributed by atoms with van der Waals surface area (Å²) in [7, 11) is 0. The zero-order valence-corrected chi connectivity index (χ0v) is 15.1. The summed E-state index contributed by atoms with van der Waals surface area (Å²) >= 11 is 1.56. The highest BCUT2D eigenvalue weighted by Gasteiger charge is 2.22. The van der Waals surface area contributed by atoms with Crippen LogP contribution < -0.4 is 11.1 Å². The summed E-state index contributed by atoms with van der Waals surface area (Å²) in [5.41, 5.74) is 9.05. The van der Waals surface area contributed by atoms with Gasteiger partial charge in [0, 0.05) is 18.5 Å². The van der Waals surface area contributed by atoms with Crippen LogP contribution in [0.4, 0.5) is 5.69 Å². The number of amides is 1. The molecule has 26 heavy (non-hydrogen) atoms. The number of hydrogen-bond acceptors (Lipinski definition) is 6. The van der Waals surface area contributed by atoms with Gasteiger partial charge in [0.1, 0.15) is 0 Å². The highest BCUT2D eigenvalue weighted by Crippen LogP contribution is 2.31. The number of carbonyl (C=O) groups is 1. The Morgan fingerprint density at radius 2 is 2.31 bits per heavy atom. The van der Waals surface area contributed by atoms with Crippen molar-refractivity contribution in [3.63, 3.8) is 0 Å². The molecule has 1 aliphatic rings. The molecule has 3 N–H and O–H groups in total. The molecule has 0 aliphatic heterocycles. The standard InChI is InChI=1S/C19H20N4O2S/c20-13-6-7-14-12(11-13)3-1-4-15(14)21-17(24)8-9-18-22-19(23-25-18)16-5-2-10-26-16/h2,5-7,10-11,15H,1,3-4,8-9,20H2,(H,21,24). The number of hydrogen-bond donors (Lipinski definition) is 2. The van der Waals surface area contributed by atoms with Crippen LogP contribution in [-0.2, 0) is 17.6 Å². The maximum absolute atomic E-state index is 12.4. The van der Waals surface area contributed by atoms with Crippen molar-refractivity contribution in [2.75, 3.05) is 5.73 Å². The zero-order chi connectivity index (χ0) is 17.9. The van der Waals surface area contributed by atoms with Crippen molar-refractivity contribution in [1.29, 1.82) is 0 Å². The monoisotopic (exact) mass is 368 g/mol. The molecule has 7 heteroatoms. The molecule has 3 aromatic rings. The van der Waals surface area contributed by atoms with E-state index in [9.17, 15) is 4.79 Å². The summed E-state index contributed by atoms with van der Waals surface area (Å²) in [4.78, 5) is 17.7. The van der Waals surface area contributed by atoms with E-state index in [1.807, 2.05) is 35.7 Å². The number of thiophene rings is 1. The van der Waals surface area contributed by atoms with E-state index in [2.05, 4.69) is 15.5 Å². The Morgan fingerprint density at radius 3 is 3.15 bits per heavy atom.